The summed E-state index contributed by atoms with van der Waals surface area (Å²) in [6, 6.07) is 22.1. The Kier molecular flexibility index (Phi) is 4.33. The van der Waals surface area contributed by atoms with E-state index in [4.69, 9.17) is 9.47 Å². The molecule has 23 heavy (non-hydrogen) atoms. The molecule has 0 atom stereocenters. The number of benzene rings is 3. The minimum atomic E-state index is 0.833. The second-order valence-corrected chi connectivity index (χ2v) is 5.24. The normalized spacial score (nSPS) is 10.4. The number of methoxy groups -OCH3 is 2. The van der Waals surface area contributed by atoms with Gasteiger partial charge in [0.2, 0.25) is 0 Å². The topological polar surface area (TPSA) is 18.5 Å². The van der Waals surface area contributed by atoms with Gasteiger partial charge in [-0.3, -0.25) is 0 Å². The van der Waals surface area contributed by atoms with E-state index in [-0.39, 0.29) is 0 Å². The molecule has 0 aliphatic carbocycles. The monoisotopic (exact) mass is 303 g/mol. The second kappa shape index (κ2) is 6.57. The third-order valence-corrected chi connectivity index (χ3v) is 3.92. The van der Waals surface area contributed by atoms with Crippen LogP contribution in [0.1, 0.15) is 5.56 Å². The maximum atomic E-state index is 5.54. The summed E-state index contributed by atoms with van der Waals surface area (Å²) in [6.07, 6.45) is 0. The molecule has 3 aromatic carbocycles. The van der Waals surface area contributed by atoms with Crippen molar-refractivity contribution in [3.8, 4) is 33.8 Å². The van der Waals surface area contributed by atoms with E-state index in [1.165, 1.54) is 0 Å². The summed E-state index contributed by atoms with van der Waals surface area (Å²) < 4.78 is 11.1. The van der Waals surface area contributed by atoms with Crippen molar-refractivity contribution in [2.45, 2.75) is 0 Å². The van der Waals surface area contributed by atoms with Crippen molar-refractivity contribution in [3.05, 3.63) is 79.2 Å². The molecule has 3 rings (SSSR count). The molecular weight excluding hydrogens is 284 g/mol. The predicted molar refractivity (Wildman–Crippen MR) is 94.9 cm³/mol. The highest BCUT2D eigenvalue weighted by atomic mass is 16.5. The quantitative estimate of drug-likeness (QED) is 0.658. The molecule has 0 unspecified atom stereocenters. The average molecular weight is 303 g/mol. The van der Waals surface area contributed by atoms with Gasteiger partial charge in [-0.2, -0.15) is 0 Å². The van der Waals surface area contributed by atoms with Crippen molar-refractivity contribution in [2.75, 3.05) is 14.2 Å². The molecule has 0 N–H and O–H groups in total. The lowest BCUT2D eigenvalue weighted by atomic mass is 9.90. The minimum Gasteiger partial charge on any atom is -0.496 e. The van der Waals surface area contributed by atoms with E-state index < -0.39 is 0 Å². The summed E-state index contributed by atoms with van der Waals surface area (Å²) in [5.74, 6) is 1.67. The van der Waals surface area contributed by atoms with Crippen LogP contribution in [0.25, 0.3) is 22.3 Å². The van der Waals surface area contributed by atoms with Crippen molar-refractivity contribution in [1.82, 2.24) is 0 Å². The van der Waals surface area contributed by atoms with Gasteiger partial charge in [-0.15, -0.1) is 0 Å². The van der Waals surface area contributed by atoms with Crippen LogP contribution in [0.3, 0.4) is 0 Å². The van der Waals surface area contributed by atoms with Crippen molar-refractivity contribution < 1.29 is 9.47 Å². The van der Waals surface area contributed by atoms with E-state index in [0.717, 1.165) is 39.3 Å². The van der Waals surface area contributed by atoms with E-state index in [1.54, 1.807) is 14.2 Å². The van der Waals surface area contributed by atoms with Crippen molar-refractivity contribution in [3.63, 3.8) is 0 Å². The number of ether oxygens (including phenoxy) is 2. The standard InChI is InChI=1S/C21H19O2/c1-15-9-8-12-17(16-10-4-6-13-19(16)22-2)21(15)18-11-5-7-14-20(18)23-3/h4-14H,1H2,2-3H3. The van der Waals surface area contributed by atoms with Crippen LogP contribution in [0.2, 0.25) is 0 Å². The lowest BCUT2D eigenvalue weighted by molar-refractivity contribution is 0.416. The Bertz CT molecular complexity index is 822. The summed E-state index contributed by atoms with van der Waals surface area (Å²) in [7, 11) is 3.38. The number of hydrogen-bond acceptors (Lipinski definition) is 2. The molecule has 0 spiro atoms. The van der Waals surface area contributed by atoms with Gasteiger partial charge in [-0.05, 0) is 35.7 Å². The summed E-state index contributed by atoms with van der Waals surface area (Å²) in [5.41, 5.74) is 5.18. The first-order chi connectivity index (χ1) is 11.3. The van der Waals surface area contributed by atoms with E-state index in [0.29, 0.717) is 0 Å². The molecule has 0 aliphatic heterocycles. The molecule has 0 amide bonds. The zero-order chi connectivity index (χ0) is 16.2. The summed E-state index contributed by atoms with van der Waals surface area (Å²) in [5, 5.41) is 0. The van der Waals surface area contributed by atoms with Crippen LogP contribution >= 0.6 is 0 Å². The first-order valence-corrected chi connectivity index (χ1v) is 7.48. The fourth-order valence-corrected chi connectivity index (χ4v) is 2.86. The fourth-order valence-electron chi connectivity index (χ4n) is 2.86. The summed E-state index contributed by atoms with van der Waals surface area (Å²) in [6.45, 7) is 4.22. The molecule has 2 heteroatoms. The molecule has 0 saturated heterocycles. The molecule has 1 radical (unpaired) electrons. The maximum absolute atomic E-state index is 5.54. The third kappa shape index (κ3) is 2.80. The SMILES string of the molecule is [CH2]c1cccc(-c2ccccc2OC)c1-c1ccccc1OC. The molecule has 2 nitrogen and oxygen atoms in total. The van der Waals surface area contributed by atoms with Gasteiger partial charge < -0.3 is 9.47 Å². The van der Waals surface area contributed by atoms with Crippen LogP contribution in [0.4, 0.5) is 0 Å². The highest BCUT2D eigenvalue weighted by Gasteiger charge is 2.16. The van der Waals surface area contributed by atoms with E-state index in [1.807, 2.05) is 48.5 Å². The predicted octanol–water partition coefficient (Wildman–Crippen LogP) is 5.22. The average Bonchev–Trinajstić information content (AvgIpc) is 2.61. The van der Waals surface area contributed by atoms with Gasteiger partial charge in [-0.25, -0.2) is 0 Å². The Hall–Kier alpha value is -2.74. The first kappa shape index (κ1) is 15.2. The molecule has 0 aromatic heterocycles. The Morgan fingerprint density at radius 1 is 0.609 bits per heavy atom. The Morgan fingerprint density at radius 2 is 1.13 bits per heavy atom. The Balaban J connectivity index is 2.30. The molecule has 0 heterocycles. The van der Waals surface area contributed by atoms with Gasteiger partial charge in [-0.1, -0.05) is 54.6 Å². The highest BCUT2D eigenvalue weighted by Crippen LogP contribution is 2.41. The molecule has 0 bridgehead atoms. The Morgan fingerprint density at radius 3 is 1.78 bits per heavy atom. The third-order valence-electron chi connectivity index (χ3n) is 3.92. The minimum absolute atomic E-state index is 0.833. The zero-order valence-electron chi connectivity index (χ0n) is 13.4. The Labute approximate surface area is 137 Å². The smallest absolute Gasteiger partial charge is 0.126 e. The lowest BCUT2D eigenvalue weighted by Crippen LogP contribution is -1.94. The molecule has 0 saturated carbocycles. The molecule has 0 aliphatic rings. The number of para-hydroxylation sites is 2. The second-order valence-electron chi connectivity index (χ2n) is 5.24. The number of hydrogen-bond donors (Lipinski definition) is 0. The number of rotatable bonds is 4. The highest BCUT2D eigenvalue weighted by molar-refractivity contribution is 5.90. The van der Waals surface area contributed by atoms with Crippen LogP contribution < -0.4 is 9.47 Å². The van der Waals surface area contributed by atoms with Crippen molar-refractivity contribution >= 4 is 0 Å². The van der Waals surface area contributed by atoms with E-state index in [9.17, 15) is 0 Å². The van der Waals surface area contributed by atoms with Crippen LogP contribution in [-0.4, -0.2) is 14.2 Å². The van der Waals surface area contributed by atoms with Crippen LogP contribution in [0.5, 0.6) is 11.5 Å². The maximum Gasteiger partial charge on any atom is 0.126 e. The zero-order valence-corrected chi connectivity index (χ0v) is 13.4. The largest absolute Gasteiger partial charge is 0.496 e. The summed E-state index contributed by atoms with van der Waals surface area (Å²) in [4.78, 5) is 0. The summed E-state index contributed by atoms with van der Waals surface area (Å²) >= 11 is 0. The van der Waals surface area contributed by atoms with Gasteiger partial charge in [0.1, 0.15) is 11.5 Å². The van der Waals surface area contributed by atoms with Gasteiger partial charge in [0.25, 0.3) is 0 Å². The van der Waals surface area contributed by atoms with Gasteiger partial charge >= 0.3 is 0 Å². The molecule has 115 valence electrons. The van der Waals surface area contributed by atoms with Crippen LogP contribution in [-0.2, 0) is 0 Å². The van der Waals surface area contributed by atoms with Gasteiger partial charge in [0, 0.05) is 11.1 Å². The van der Waals surface area contributed by atoms with Gasteiger partial charge in [0.05, 0.1) is 14.2 Å². The fraction of sp³-hybridized carbons (Fsp3) is 0.0952. The molecule has 3 aromatic rings. The first-order valence-electron chi connectivity index (χ1n) is 7.48. The van der Waals surface area contributed by atoms with Crippen molar-refractivity contribution in [1.29, 1.82) is 0 Å². The molecular formula is C21H19O2. The van der Waals surface area contributed by atoms with Crippen LogP contribution in [0.15, 0.2) is 66.7 Å². The van der Waals surface area contributed by atoms with Crippen molar-refractivity contribution in [2.24, 2.45) is 0 Å². The molecule has 0 fully saturated rings. The van der Waals surface area contributed by atoms with E-state index in [2.05, 4.69) is 25.1 Å². The van der Waals surface area contributed by atoms with Gasteiger partial charge in [0.15, 0.2) is 0 Å². The van der Waals surface area contributed by atoms with Crippen LogP contribution in [0, 0.1) is 6.92 Å². The lowest BCUT2D eigenvalue weighted by Gasteiger charge is -2.17. The van der Waals surface area contributed by atoms with E-state index >= 15 is 0 Å².